The Morgan fingerprint density at radius 1 is 1.25 bits per heavy atom. The van der Waals surface area contributed by atoms with Crippen molar-refractivity contribution >= 4 is 5.91 Å². The largest absolute Gasteiger partial charge is 0.324 e. The highest BCUT2D eigenvalue weighted by atomic mass is 19.1. The Labute approximate surface area is 114 Å². The molecule has 1 saturated heterocycles. The summed E-state index contributed by atoms with van der Waals surface area (Å²) in [5.74, 6) is -1.41. The van der Waals surface area contributed by atoms with Crippen LogP contribution >= 0.6 is 0 Å². The third-order valence-corrected chi connectivity index (χ3v) is 3.46. The first-order valence-electron chi connectivity index (χ1n) is 6.31. The molecule has 0 spiro atoms. The van der Waals surface area contributed by atoms with E-state index in [1.165, 1.54) is 12.1 Å². The number of rotatable bonds is 3. The first-order chi connectivity index (χ1) is 9.61. The Morgan fingerprint density at radius 3 is 2.65 bits per heavy atom. The topological polar surface area (TPSA) is 38.1 Å². The zero-order chi connectivity index (χ0) is 14.1. The second-order valence-corrected chi connectivity index (χ2v) is 4.94. The Bertz CT molecular complexity index is 607. The monoisotopic (exact) mass is 277 g/mol. The molecule has 1 aliphatic rings. The van der Waals surface area contributed by atoms with E-state index in [4.69, 9.17) is 0 Å². The van der Waals surface area contributed by atoms with E-state index in [2.05, 4.69) is 4.98 Å². The quantitative estimate of drug-likeness (QED) is 0.862. The summed E-state index contributed by atoms with van der Waals surface area (Å²) in [7, 11) is 0. The molecule has 1 amide bonds. The molecule has 1 aromatic heterocycles. The zero-order valence-electron chi connectivity index (χ0n) is 10.7. The SMILES string of the molecule is O=C1CC(c2cc(F)cc(F)c2)CN1Cn1ccnc1. The number of likely N-dealkylation sites (tertiary alicyclic amines) is 1. The predicted octanol–water partition coefficient (Wildman–Crippen LogP) is 2.13. The van der Waals surface area contributed by atoms with E-state index in [9.17, 15) is 13.6 Å². The van der Waals surface area contributed by atoms with Gasteiger partial charge in [-0.1, -0.05) is 0 Å². The fourth-order valence-corrected chi connectivity index (χ4v) is 2.51. The summed E-state index contributed by atoms with van der Waals surface area (Å²) >= 11 is 0. The van der Waals surface area contributed by atoms with Crippen LogP contribution in [0.25, 0.3) is 0 Å². The number of carbonyl (C=O) groups is 1. The molecule has 0 saturated carbocycles. The van der Waals surface area contributed by atoms with E-state index in [0.717, 1.165) is 6.07 Å². The minimum Gasteiger partial charge on any atom is -0.324 e. The van der Waals surface area contributed by atoms with Crippen LogP contribution in [0.3, 0.4) is 0 Å². The van der Waals surface area contributed by atoms with Gasteiger partial charge in [0.25, 0.3) is 0 Å². The van der Waals surface area contributed by atoms with Gasteiger partial charge in [0.1, 0.15) is 11.6 Å². The number of carbonyl (C=O) groups excluding carboxylic acids is 1. The van der Waals surface area contributed by atoms with E-state index in [1.54, 1.807) is 28.2 Å². The molecule has 2 aromatic rings. The molecule has 0 radical (unpaired) electrons. The highest BCUT2D eigenvalue weighted by Gasteiger charge is 2.31. The number of aromatic nitrogens is 2. The normalized spacial score (nSPS) is 18.8. The van der Waals surface area contributed by atoms with Gasteiger partial charge in [-0.25, -0.2) is 13.8 Å². The van der Waals surface area contributed by atoms with E-state index in [-0.39, 0.29) is 18.2 Å². The summed E-state index contributed by atoms with van der Waals surface area (Å²) in [4.78, 5) is 17.5. The van der Waals surface area contributed by atoms with E-state index < -0.39 is 11.6 Å². The van der Waals surface area contributed by atoms with E-state index in [1.807, 2.05) is 0 Å². The summed E-state index contributed by atoms with van der Waals surface area (Å²) in [6.45, 7) is 0.868. The summed E-state index contributed by atoms with van der Waals surface area (Å²) < 4.78 is 28.2. The number of nitrogens with zero attached hydrogens (tertiary/aromatic N) is 3. The standard InChI is InChI=1S/C14H13F2N3O/c15-12-3-10(4-13(16)6-12)11-5-14(20)19(7-11)9-18-2-1-17-8-18/h1-4,6,8,11H,5,7,9H2. The average Bonchev–Trinajstić information content (AvgIpc) is 3.00. The Morgan fingerprint density at radius 2 is 2.00 bits per heavy atom. The molecule has 20 heavy (non-hydrogen) atoms. The number of hydrogen-bond donors (Lipinski definition) is 0. The van der Waals surface area contributed by atoms with Crippen LogP contribution in [0.5, 0.6) is 0 Å². The Balaban J connectivity index is 1.75. The molecular formula is C14H13F2N3O. The van der Waals surface area contributed by atoms with E-state index in [0.29, 0.717) is 18.8 Å². The van der Waals surface area contributed by atoms with Crippen LogP contribution in [0.2, 0.25) is 0 Å². The number of benzene rings is 1. The van der Waals surface area contributed by atoms with Crippen molar-refractivity contribution in [1.29, 1.82) is 0 Å². The zero-order valence-corrected chi connectivity index (χ0v) is 10.7. The van der Waals surface area contributed by atoms with Crippen molar-refractivity contribution < 1.29 is 13.6 Å². The van der Waals surface area contributed by atoms with Crippen LogP contribution in [0.4, 0.5) is 8.78 Å². The number of hydrogen-bond acceptors (Lipinski definition) is 2. The minimum absolute atomic E-state index is 0.0200. The Hall–Kier alpha value is -2.24. The molecule has 3 rings (SSSR count). The number of amides is 1. The highest BCUT2D eigenvalue weighted by molar-refractivity contribution is 5.79. The van der Waals surface area contributed by atoms with Crippen molar-refractivity contribution in [2.75, 3.05) is 6.54 Å². The van der Waals surface area contributed by atoms with Crippen molar-refractivity contribution in [2.45, 2.75) is 19.0 Å². The molecule has 1 fully saturated rings. The first kappa shape index (κ1) is 12.8. The van der Waals surface area contributed by atoms with Crippen LogP contribution in [0, 0.1) is 11.6 Å². The molecule has 4 nitrogen and oxygen atoms in total. The van der Waals surface area contributed by atoms with Crippen molar-refractivity contribution in [2.24, 2.45) is 0 Å². The van der Waals surface area contributed by atoms with Crippen LogP contribution in [-0.2, 0) is 11.5 Å². The van der Waals surface area contributed by atoms with Crippen LogP contribution < -0.4 is 0 Å². The molecule has 1 unspecified atom stereocenters. The van der Waals surface area contributed by atoms with Gasteiger partial charge in [-0.15, -0.1) is 0 Å². The van der Waals surface area contributed by atoms with Gasteiger partial charge in [0.15, 0.2) is 0 Å². The molecular weight excluding hydrogens is 264 g/mol. The van der Waals surface area contributed by atoms with Crippen molar-refractivity contribution in [1.82, 2.24) is 14.5 Å². The lowest BCUT2D eigenvalue weighted by Crippen LogP contribution is -2.27. The molecule has 1 aliphatic heterocycles. The van der Waals surface area contributed by atoms with Gasteiger partial charge < -0.3 is 9.47 Å². The molecule has 1 atom stereocenters. The first-order valence-corrected chi connectivity index (χ1v) is 6.31. The fraction of sp³-hybridized carbons (Fsp3) is 0.286. The number of halogens is 2. The molecule has 1 aromatic carbocycles. The van der Waals surface area contributed by atoms with E-state index >= 15 is 0 Å². The maximum atomic E-state index is 13.2. The smallest absolute Gasteiger partial charge is 0.224 e. The summed E-state index contributed by atoms with van der Waals surface area (Å²) in [6, 6.07) is 3.42. The average molecular weight is 277 g/mol. The molecule has 2 heterocycles. The van der Waals surface area contributed by atoms with Crippen molar-refractivity contribution in [3.05, 3.63) is 54.1 Å². The lowest BCUT2D eigenvalue weighted by molar-refractivity contribution is -0.129. The summed E-state index contributed by atoms with van der Waals surface area (Å²) in [5.41, 5.74) is 0.531. The highest BCUT2D eigenvalue weighted by Crippen LogP contribution is 2.29. The molecule has 0 N–H and O–H groups in total. The number of imidazole rings is 1. The third-order valence-electron chi connectivity index (χ3n) is 3.46. The van der Waals surface area contributed by atoms with Gasteiger partial charge in [0.05, 0.1) is 13.0 Å². The maximum Gasteiger partial charge on any atom is 0.224 e. The molecule has 6 heteroatoms. The van der Waals surface area contributed by atoms with Crippen LogP contribution in [0.1, 0.15) is 17.9 Å². The maximum absolute atomic E-state index is 13.2. The lowest BCUT2D eigenvalue weighted by Gasteiger charge is -2.17. The van der Waals surface area contributed by atoms with Gasteiger partial charge in [0.2, 0.25) is 5.91 Å². The second-order valence-electron chi connectivity index (χ2n) is 4.94. The van der Waals surface area contributed by atoms with Gasteiger partial charge in [-0.3, -0.25) is 4.79 Å². The lowest BCUT2D eigenvalue weighted by atomic mass is 9.98. The predicted molar refractivity (Wildman–Crippen MR) is 67.7 cm³/mol. The Kier molecular flexibility index (Phi) is 3.22. The fourth-order valence-electron chi connectivity index (χ4n) is 2.51. The molecule has 0 aliphatic carbocycles. The van der Waals surface area contributed by atoms with Crippen molar-refractivity contribution in [3.8, 4) is 0 Å². The van der Waals surface area contributed by atoms with Gasteiger partial charge in [-0.05, 0) is 17.7 Å². The third kappa shape index (κ3) is 2.54. The van der Waals surface area contributed by atoms with Gasteiger partial charge >= 0.3 is 0 Å². The summed E-state index contributed by atoms with van der Waals surface area (Å²) in [5, 5.41) is 0. The van der Waals surface area contributed by atoms with Gasteiger partial charge in [0, 0.05) is 37.3 Å². The van der Waals surface area contributed by atoms with Crippen molar-refractivity contribution in [3.63, 3.8) is 0 Å². The second kappa shape index (κ2) is 5.03. The van der Waals surface area contributed by atoms with Crippen LogP contribution in [-0.4, -0.2) is 26.9 Å². The molecule has 0 bridgehead atoms. The van der Waals surface area contributed by atoms with Crippen LogP contribution in [0.15, 0.2) is 36.9 Å². The summed E-state index contributed by atoms with van der Waals surface area (Å²) in [6.07, 6.45) is 5.31. The van der Waals surface area contributed by atoms with Gasteiger partial charge in [-0.2, -0.15) is 0 Å². The molecule has 104 valence electrons. The minimum atomic E-state index is -0.611.